The number of nitrogens with two attached hydrogens (primary N) is 1. The zero-order chi connectivity index (χ0) is 8.59. The first-order valence-corrected chi connectivity index (χ1v) is 5.18. The van der Waals surface area contributed by atoms with E-state index >= 15 is 0 Å². The molecule has 0 saturated carbocycles. The second-order valence-corrected chi connectivity index (χ2v) is 4.59. The van der Waals surface area contributed by atoms with Gasteiger partial charge in [0.1, 0.15) is 0 Å². The van der Waals surface area contributed by atoms with Crippen molar-refractivity contribution in [1.29, 1.82) is 0 Å². The molecule has 0 heterocycles. The van der Waals surface area contributed by atoms with Gasteiger partial charge in [0.05, 0.1) is 10.7 Å². The lowest BCUT2D eigenvalue weighted by molar-refractivity contribution is 1.41. The predicted molar refractivity (Wildman–Crippen MR) is 61.0 cm³/mol. The minimum atomic E-state index is 0.600. The van der Waals surface area contributed by atoms with Gasteiger partial charge in [-0.15, -0.1) is 0 Å². The standard InChI is InChI=1S/C7H6BrClIN/c1-3-5(10)2-4(8)6(9)7(3)11/h2H,11H2,1H3. The SMILES string of the molecule is Cc1c(I)cc(Br)c(Cl)c1N. The molecule has 0 saturated heterocycles. The smallest absolute Gasteiger partial charge is 0.0780 e. The highest BCUT2D eigenvalue weighted by Gasteiger charge is 2.07. The van der Waals surface area contributed by atoms with Crippen LogP contribution >= 0.6 is 50.1 Å². The molecule has 0 aromatic heterocycles. The number of rotatable bonds is 0. The summed E-state index contributed by atoms with van der Waals surface area (Å²) in [6.07, 6.45) is 0. The molecule has 0 aliphatic heterocycles. The van der Waals surface area contributed by atoms with Crippen LogP contribution in [0.2, 0.25) is 5.02 Å². The molecule has 0 aliphatic carbocycles. The number of nitrogen functional groups attached to an aromatic ring is 1. The van der Waals surface area contributed by atoms with E-state index in [2.05, 4.69) is 38.5 Å². The number of hydrogen-bond donors (Lipinski definition) is 1. The molecule has 1 rings (SSSR count). The van der Waals surface area contributed by atoms with Crippen LogP contribution in [-0.2, 0) is 0 Å². The van der Waals surface area contributed by atoms with Crippen LogP contribution < -0.4 is 5.73 Å². The van der Waals surface area contributed by atoms with Gasteiger partial charge < -0.3 is 5.73 Å². The Kier molecular flexibility index (Phi) is 3.05. The van der Waals surface area contributed by atoms with E-state index in [4.69, 9.17) is 17.3 Å². The Balaban J connectivity index is 3.46. The Hall–Kier alpha value is 0.520. The second-order valence-electron chi connectivity index (χ2n) is 2.19. The van der Waals surface area contributed by atoms with Crippen LogP contribution in [0.4, 0.5) is 5.69 Å². The monoisotopic (exact) mass is 345 g/mol. The summed E-state index contributed by atoms with van der Waals surface area (Å²) in [5, 5.41) is 0.600. The van der Waals surface area contributed by atoms with Crippen LogP contribution in [0.5, 0.6) is 0 Å². The molecule has 0 aliphatic rings. The van der Waals surface area contributed by atoms with Gasteiger partial charge >= 0.3 is 0 Å². The predicted octanol–water partition coefficient (Wildman–Crippen LogP) is 3.60. The van der Waals surface area contributed by atoms with E-state index in [0.29, 0.717) is 10.7 Å². The molecule has 0 amide bonds. The average Bonchev–Trinajstić information content (AvgIpc) is 1.97. The molecule has 0 atom stereocenters. The summed E-state index contributed by atoms with van der Waals surface area (Å²) in [6, 6.07) is 1.95. The van der Waals surface area contributed by atoms with Gasteiger partial charge in [0, 0.05) is 8.04 Å². The first-order valence-electron chi connectivity index (χ1n) is 2.93. The highest BCUT2D eigenvalue weighted by molar-refractivity contribution is 14.1. The van der Waals surface area contributed by atoms with E-state index in [-0.39, 0.29) is 0 Å². The van der Waals surface area contributed by atoms with Crippen LogP contribution in [0.15, 0.2) is 10.5 Å². The maximum Gasteiger partial charge on any atom is 0.0780 e. The molecule has 11 heavy (non-hydrogen) atoms. The third kappa shape index (κ3) is 1.81. The second kappa shape index (κ2) is 3.49. The van der Waals surface area contributed by atoms with Gasteiger partial charge in [-0.2, -0.15) is 0 Å². The van der Waals surface area contributed by atoms with E-state index in [9.17, 15) is 0 Å². The van der Waals surface area contributed by atoms with Gasteiger partial charge in [-0.1, -0.05) is 11.6 Å². The fourth-order valence-corrected chi connectivity index (χ4v) is 2.37. The molecule has 0 fully saturated rings. The molecule has 0 spiro atoms. The van der Waals surface area contributed by atoms with Crippen molar-refractivity contribution in [3.63, 3.8) is 0 Å². The molecular formula is C7H6BrClIN. The largest absolute Gasteiger partial charge is 0.397 e. The Morgan fingerprint density at radius 1 is 1.64 bits per heavy atom. The van der Waals surface area contributed by atoms with Crippen molar-refractivity contribution in [3.05, 3.63) is 24.7 Å². The van der Waals surface area contributed by atoms with Crippen molar-refractivity contribution in [2.24, 2.45) is 0 Å². The lowest BCUT2D eigenvalue weighted by Crippen LogP contribution is -1.93. The van der Waals surface area contributed by atoms with E-state index in [1.165, 1.54) is 0 Å². The number of hydrogen-bond acceptors (Lipinski definition) is 1. The zero-order valence-electron chi connectivity index (χ0n) is 5.79. The maximum absolute atomic E-state index is 5.88. The van der Waals surface area contributed by atoms with Crippen LogP contribution in [0, 0.1) is 10.5 Å². The summed E-state index contributed by atoms with van der Waals surface area (Å²) in [5.74, 6) is 0. The average molecular weight is 346 g/mol. The topological polar surface area (TPSA) is 26.0 Å². The van der Waals surface area contributed by atoms with Gasteiger partial charge in [0.2, 0.25) is 0 Å². The third-order valence-corrected chi connectivity index (χ3v) is 3.84. The molecule has 1 nitrogen and oxygen atoms in total. The van der Waals surface area contributed by atoms with Crippen molar-refractivity contribution < 1.29 is 0 Å². The number of halogens is 3. The quantitative estimate of drug-likeness (QED) is 0.434. The molecular weight excluding hydrogens is 340 g/mol. The summed E-state index contributed by atoms with van der Waals surface area (Å²) >= 11 is 11.4. The highest BCUT2D eigenvalue weighted by Crippen LogP contribution is 2.33. The molecule has 1 aromatic carbocycles. The molecule has 2 N–H and O–H groups in total. The number of anilines is 1. The Morgan fingerprint density at radius 2 is 2.18 bits per heavy atom. The van der Waals surface area contributed by atoms with Crippen LogP contribution in [-0.4, -0.2) is 0 Å². The third-order valence-electron chi connectivity index (χ3n) is 1.46. The van der Waals surface area contributed by atoms with E-state index in [0.717, 1.165) is 13.6 Å². The molecule has 4 heteroatoms. The fraction of sp³-hybridized carbons (Fsp3) is 0.143. The Bertz CT molecular complexity index is 275. The summed E-state index contributed by atoms with van der Waals surface area (Å²) in [7, 11) is 0. The van der Waals surface area contributed by atoms with Gasteiger partial charge in [-0.3, -0.25) is 0 Å². The van der Waals surface area contributed by atoms with Crippen molar-refractivity contribution in [1.82, 2.24) is 0 Å². The van der Waals surface area contributed by atoms with Gasteiger partial charge in [0.15, 0.2) is 0 Å². The van der Waals surface area contributed by atoms with Gasteiger partial charge in [0.25, 0.3) is 0 Å². The van der Waals surface area contributed by atoms with Crippen LogP contribution in [0.3, 0.4) is 0 Å². The lowest BCUT2D eigenvalue weighted by Gasteiger charge is -2.06. The van der Waals surface area contributed by atoms with E-state index in [1.54, 1.807) is 0 Å². The molecule has 60 valence electrons. The summed E-state index contributed by atoms with van der Waals surface area (Å²) < 4.78 is 1.98. The first kappa shape index (κ1) is 9.61. The van der Waals surface area contributed by atoms with Gasteiger partial charge in [-0.25, -0.2) is 0 Å². The summed E-state index contributed by atoms with van der Waals surface area (Å²) in [4.78, 5) is 0. The van der Waals surface area contributed by atoms with Crippen LogP contribution in [0.1, 0.15) is 5.56 Å². The van der Waals surface area contributed by atoms with E-state index < -0.39 is 0 Å². The van der Waals surface area contributed by atoms with Crippen molar-refractivity contribution in [2.45, 2.75) is 6.92 Å². The minimum Gasteiger partial charge on any atom is -0.397 e. The van der Waals surface area contributed by atoms with Crippen molar-refractivity contribution >= 4 is 55.8 Å². The summed E-state index contributed by atoms with van der Waals surface area (Å²) in [6.45, 7) is 1.95. The van der Waals surface area contributed by atoms with Crippen LogP contribution in [0.25, 0.3) is 0 Å². The first-order chi connectivity index (χ1) is 5.04. The fourth-order valence-electron chi connectivity index (χ4n) is 0.705. The Labute approximate surface area is 92.6 Å². The zero-order valence-corrected chi connectivity index (χ0v) is 10.3. The molecule has 1 aromatic rings. The minimum absolute atomic E-state index is 0.600. The van der Waals surface area contributed by atoms with Crippen molar-refractivity contribution in [3.8, 4) is 0 Å². The maximum atomic E-state index is 5.88. The summed E-state index contributed by atoms with van der Waals surface area (Å²) in [5.41, 5.74) is 7.42. The lowest BCUT2D eigenvalue weighted by atomic mass is 10.2. The van der Waals surface area contributed by atoms with Crippen molar-refractivity contribution in [2.75, 3.05) is 5.73 Å². The van der Waals surface area contributed by atoms with E-state index in [1.807, 2.05) is 13.0 Å². The molecule has 0 radical (unpaired) electrons. The molecule has 0 bridgehead atoms. The highest BCUT2D eigenvalue weighted by atomic mass is 127. The Morgan fingerprint density at radius 3 is 2.73 bits per heavy atom. The number of benzene rings is 1. The van der Waals surface area contributed by atoms with Gasteiger partial charge in [-0.05, 0) is 57.1 Å². The normalized spacial score (nSPS) is 10.2. The molecule has 0 unspecified atom stereocenters.